The quantitative estimate of drug-likeness (QED) is 0.696. The van der Waals surface area contributed by atoms with E-state index >= 15 is 0 Å². The Labute approximate surface area is 181 Å². The van der Waals surface area contributed by atoms with Gasteiger partial charge in [-0.2, -0.15) is 0 Å². The van der Waals surface area contributed by atoms with E-state index < -0.39 is 0 Å². The molecule has 0 aliphatic carbocycles. The molecule has 1 heterocycles. The van der Waals surface area contributed by atoms with Crippen LogP contribution in [0.1, 0.15) is 36.7 Å². The van der Waals surface area contributed by atoms with Gasteiger partial charge in [-0.05, 0) is 62.7 Å². The van der Waals surface area contributed by atoms with Crippen molar-refractivity contribution < 1.29 is 19.1 Å². The van der Waals surface area contributed by atoms with Gasteiger partial charge in [0, 0.05) is 23.5 Å². The number of rotatable bonds is 6. The van der Waals surface area contributed by atoms with Gasteiger partial charge in [0.15, 0.2) is 11.5 Å². The van der Waals surface area contributed by atoms with Gasteiger partial charge in [-0.15, -0.1) is 0 Å². The number of amides is 2. The molecule has 0 unspecified atom stereocenters. The number of hydrogen-bond donors (Lipinski definition) is 1. The van der Waals surface area contributed by atoms with Gasteiger partial charge in [-0.25, -0.2) is 0 Å². The summed E-state index contributed by atoms with van der Waals surface area (Å²) in [6, 6.07) is 11.0. The number of thioether (sulfide) groups is 1. The first-order valence-electron chi connectivity index (χ1n) is 9.77. The van der Waals surface area contributed by atoms with E-state index in [0.717, 1.165) is 16.1 Å². The first-order valence-corrected chi connectivity index (χ1v) is 10.6. The lowest BCUT2D eigenvalue weighted by Crippen LogP contribution is -2.32. The summed E-state index contributed by atoms with van der Waals surface area (Å²) in [5, 5.41) is 2.87. The van der Waals surface area contributed by atoms with Crippen molar-refractivity contribution in [2.75, 3.05) is 25.7 Å². The molecule has 0 bridgehead atoms. The first kappa shape index (κ1) is 21.8. The number of nitrogens with one attached hydrogen (secondary N) is 1. The molecule has 0 fully saturated rings. The standard InChI is InChI=1S/C23H26N2O4S/c1-6-29-18-9-7-15(11-19(18)28-5)12-21-23(27)25(4)17-13-16(8-10-20(17)30-21)22(26)24-14(2)3/h7-14H,6H2,1-5H3,(H,24,26). The zero-order valence-corrected chi connectivity index (χ0v) is 18.6. The maximum atomic E-state index is 13.0. The SMILES string of the molecule is CCOc1ccc(C=C2Sc3ccc(C(=O)NC(C)C)cc3N(C)C2=O)cc1OC. The highest BCUT2D eigenvalue weighted by Crippen LogP contribution is 2.42. The molecule has 0 spiro atoms. The number of anilines is 1. The smallest absolute Gasteiger partial charge is 0.264 e. The summed E-state index contributed by atoms with van der Waals surface area (Å²) in [7, 11) is 3.31. The van der Waals surface area contributed by atoms with Crippen LogP contribution in [-0.2, 0) is 4.79 Å². The van der Waals surface area contributed by atoms with E-state index in [0.29, 0.717) is 28.6 Å². The Morgan fingerprint density at radius 2 is 1.97 bits per heavy atom. The third kappa shape index (κ3) is 4.62. The molecule has 0 radical (unpaired) electrons. The number of likely N-dealkylation sites (N-methyl/N-ethyl adjacent to an activating group) is 1. The minimum absolute atomic E-state index is 0.0444. The zero-order valence-electron chi connectivity index (χ0n) is 17.8. The predicted molar refractivity (Wildman–Crippen MR) is 120 cm³/mol. The number of carbonyl (C=O) groups is 2. The average molecular weight is 427 g/mol. The molecule has 0 aromatic heterocycles. The largest absolute Gasteiger partial charge is 0.493 e. The van der Waals surface area contributed by atoms with E-state index in [1.165, 1.54) is 11.8 Å². The van der Waals surface area contributed by atoms with Gasteiger partial charge in [0.2, 0.25) is 0 Å². The molecule has 3 rings (SSSR count). The Bertz CT molecular complexity index is 1000. The Morgan fingerprint density at radius 1 is 1.20 bits per heavy atom. The van der Waals surface area contributed by atoms with E-state index in [1.54, 1.807) is 31.2 Å². The summed E-state index contributed by atoms with van der Waals surface area (Å²) in [6.07, 6.45) is 1.84. The molecule has 2 aromatic carbocycles. The molecule has 1 aliphatic heterocycles. The van der Waals surface area contributed by atoms with Crippen LogP contribution in [0.5, 0.6) is 11.5 Å². The molecular formula is C23H26N2O4S. The van der Waals surface area contributed by atoms with Crippen LogP contribution in [0.3, 0.4) is 0 Å². The number of benzene rings is 2. The lowest BCUT2D eigenvalue weighted by Gasteiger charge is -2.27. The number of nitrogens with zero attached hydrogens (tertiary/aromatic N) is 1. The molecule has 2 amide bonds. The van der Waals surface area contributed by atoms with Crippen LogP contribution in [0, 0.1) is 0 Å². The van der Waals surface area contributed by atoms with Crippen molar-refractivity contribution in [1.29, 1.82) is 0 Å². The Balaban J connectivity index is 1.91. The van der Waals surface area contributed by atoms with Crippen LogP contribution in [0.15, 0.2) is 46.2 Å². The van der Waals surface area contributed by atoms with E-state index in [-0.39, 0.29) is 17.9 Å². The lowest BCUT2D eigenvalue weighted by atomic mass is 10.1. The van der Waals surface area contributed by atoms with Crippen molar-refractivity contribution >= 4 is 35.3 Å². The van der Waals surface area contributed by atoms with Crippen LogP contribution >= 0.6 is 11.8 Å². The maximum Gasteiger partial charge on any atom is 0.264 e. The fourth-order valence-electron chi connectivity index (χ4n) is 3.08. The highest BCUT2D eigenvalue weighted by Gasteiger charge is 2.27. The molecule has 1 aliphatic rings. The van der Waals surface area contributed by atoms with Gasteiger partial charge in [0.05, 0.1) is 24.3 Å². The fourth-order valence-corrected chi connectivity index (χ4v) is 4.17. The Kier molecular flexibility index (Phi) is 6.72. The number of methoxy groups -OCH3 is 1. The summed E-state index contributed by atoms with van der Waals surface area (Å²) in [4.78, 5) is 28.4. The molecular weight excluding hydrogens is 400 g/mol. The number of hydrogen-bond acceptors (Lipinski definition) is 5. The van der Waals surface area contributed by atoms with Gasteiger partial charge >= 0.3 is 0 Å². The van der Waals surface area contributed by atoms with Gasteiger partial charge < -0.3 is 19.7 Å². The molecule has 0 saturated carbocycles. The molecule has 6 nitrogen and oxygen atoms in total. The minimum Gasteiger partial charge on any atom is -0.493 e. The molecule has 0 atom stereocenters. The molecule has 7 heteroatoms. The first-order chi connectivity index (χ1) is 14.3. The number of fused-ring (bicyclic) bond motifs is 1. The molecule has 158 valence electrons. The average Bonchev–Trinajstić information content (AvgIpc) is 2.72. The minimum atomic E-state index is -0.151. The Morgan fingerprint density at radius 3 is 2.63 bits per heavy atom. The van der Waals surface area contributed by atoms with E-state index in [2.05, 4.69) is 5.32 Å². The van der Waals surface area contributed by atoms with Crippen molar-refractivity contribution in [3.05, 3.63) is 52.4 Å². The van der Waals surface area contributed by atoms with Crippen molar-refractivity contribution in [3.8, 4) is 11.5 Å². The third-order valence-electron chi connectivity index (χ3n) is 4.52. The Hall–Kier alpha value is -2.93. The van der Waals surface area contributed by atoms with Crippen LogP contribution in [0.4, 0.5) is 5.69 Å². The van der Waals surface area contributed by atoms with E-state index in [9.17, 15) is 9.59 Å². The summed E-state index contributed by atoms with van der Waals surface area (Å²) < 4.78 is 11.0. The monoisotopic (exact) mass is 426 g/mol. The summed E-state index contributed by atoms with van der Waals surface area (Å²) in [5.41, 5.74) is 2.10. The summed E-state index contributed by atoms with van der Waals surface area (Å²) in [5.74, 6) is 1.01. The third-order valence-corrected chi connectivity index (χ3v) is 5.60. The van der Waals surface area contributed by atoms with Gasteiger partial charge in [0.1, 0.15) is 0 Å². The normalized spacial score (nSPS) is 14.7. The van der Waals surface area contributed by atoms with Crippen molar-refractivity contribution in [2.45, 2.75) is 31.7 Å². The number of carbonyl (C=O) groups excluding carboxylic acids is 2. The maximum absolute atomic E-state index is 13.0. The highest BCUT2D eigenvalue weighted by molar-refractivity contribution is 8.04. The van der Waals surface area contributed by atoms with Crippen molar-refractivity contribution in [3.63, 3.8) is 0 Å². The second-order valence-corrected chi connectivity index (χ2v) is 8.21. The highest BCUT2D eigenvalue weighted by atomic mass is 32.2. The second kappa shape index (κ2) is 9.26. The van der Waals surface area contributed by atoms with Crippen molar-refractivity contribution in [1.82, 2.24) is 5.32 Å². The molecule has 1 N–H and O–H groups in total. The topological polar surface area (TPSA) is 67.9 Å². The number of ether oxygens (including phenoxy) is 2. The van der Waals surface area contributed by atoms with Gasteiger partial charge in [0.25, 0.3) is 11.8 Å². The van der Waals surface area contributed by atoms with Crippen LogP contribution in [-0.4, -0.2) is 38.6 Å². The fraction of sp³-hybridized carbons (Fsp3) is 0.304. The molecule has 0 saturated heterocycles. The van der Waals surface area contributed by atoms with Gasteiger partial charge in [-0.1, -0.05) is 17.8 Å². The predicted octanol–water partition coefficient (Wildman–Crippen LogP) is 4.34. The van der Waals surface area contributed by atoms with Crippen LogP contribution < -0.4 is 19.7 Å². The lowest BCUT2D eigenvalue weighted by molar-refractivity contribution is -0.114. The van der Waals surface area contributed by atoms with E-state index in [4.69, 9.17) is 9.47 Å². The van der Waals surface area contributed by atoms with Gasteiger partial charge in [-0.3, -0.25) is 9.59 Å². The zero-order chi connectivity index (χ0) is 21.8. The molecule has 2 aromatic rings. The summed E-state index contributed by atoms with van der Waals surface area (Å²) >= 11 is 1.39. The van der Waals surface area contributed by atoms with E-state index in [1.807, 2.05) is 51.1 Å². The second-order valence-electron chi connectivity index (χ2n) is 7.13. The summed E-state index contributed by atoms with van der Waals surface area (Å²) in [6.45, 7) is 6.28. The molecule has 30 heavy (non-hydrogen) atoms. The van der Waals surface area contributed by atoms with Crippen LogP contribution in [0.25, 0.3) is 6.08 Å². The van der Waals surface area contributed by atoms with Crippen LogP contribution in [0.2, 0.25) is 0 Å². The van der Waals surface area contributed by atoms with Crippen molar-refractivity contribution in [2.24, 2.45) is 0 Å².